The number of aromatic hydroxyl groups is 2. The molecule has 0 aliphatic heterocycles. The molecule has 9 N–H and O–H groups in total. The number of aliphatic hydroxyl groups excluding tert-OH is 1. The Morgan fingerprint density at radius 2 is 0.927 bits per heavy atom. The number of ether oxygens (including phenoxy) is 3. The lowest BCUT2D eigenvalue weighted by Gasteiger charge is -2.23. The van der Waals surface area contributed by atoms with Crippen LogP contribution in [0.1, 0.15) is 41.7 Å². The number of aliphatic hydroxyl groups is 1. The van der Waals surface area contributed by atoms with Crippen molar-refractivity contribution in [3.05, 3.63) is 91.8 Å². The second kappa shape index (κ2) is 22.9. The number of nitrogens with one attached hydrogen (secondary N) is 4. The maximum absolute atomic E-state index is 12.9. The minimum absolute atomic E-state index is 0.0000174. The highest BCUT2D eigenvalue weighted by Gasteiger charge is 2.21. The Labute approximate surface area is 313 Å². The summed E-state index contributed by atoms with van der Waals surface area (Å²) in [6, 6.07) is 9.56. The third kappa shape index (κ3) is 13.7. The second-order valence-electron chi connectivity index (χ2n) is 11.4. The average molecular weight is 776 g/mol. The van der Waals surface area contributed by atoms with Crippen LogP contribution in [0.4, 0.5) is 0 Å². The molecule has 300 valence electrons. The molecule has 3 aromatic rings. The summed E-state index contributed by atoms with van der Waals surface area (Å²) in [4.78, 5) is 75.7. The van der Waals surface area contributed by atoms with Crippen molar-refractivity contribution in [3.8, 4) is 11.5 Å². The molecule has 0 fully saturated rings. The van der Waals surface area contributed by atoms with Crippen LogP contribution in [0, 0.1) is 0 Å². The maximum Gasteiger partial charge on any atom is 0.283 e. The fourth-order valence-electron chi connectivity index (χ4n) is 4.79. The van der Waals surface area contributed by atoms with Gasteiger partial charge in [-0.1, -0.05) is 12.1 Å². The lowest BCUT2D eigenvalue weighted by atomic mass is 10.1. The molecule has 21 nitrogen and oxygen atoms in total. The van der Waals surface area contributed by atoms with E-state index in [1.165, 1.54) is 30.3 Å². The Bertz CT molecular complexity index is 1790. The van der Waals surface area contributed by atoms with Gasteiger partial charge in [-0.05, 0) is 24.3 Å². The van der Waals surface area contributed by atoms with Gasteiger partial charge in [0.25, 0.3) is 34.7 Å². The molecule has 2 aromatic heterocycles. The first-order valence-electron chi connectivity index (χ1n) is 17.0. The van der Waals surface area contributed by atoms with Gasteiger partial charge in [-0.25, -0.2) is 0 Å². The molecule has 0 unspecified atom stereocenters. The van der Waals surface area contributed by atoms with Gasteiger partial charge in [0, 0.05) is 57.9 Å². The molecular formula is C34H45N7O14. The van der Waals surface area contributed by atoms with Crippen LogP contribution >= 0.6 is 0 Å². The van der Waals surface area contributed by atoms with Crippen LogP contribution in [0.2, 0.25) is 0 Å². The summed E-state index contributed by atoms with van der Waals surface area (Å²) in [5.41, 5.74) is -2.80. The zero-order valence-electron chi connectivity index (χ0n) is 29.8. The number of carbonyl (C=O) groups excluding carboxylic acids is 4. The second-order valence-corrected chi connectivity index (χ2v) is 11.4. The summed E-state index contributed by atoms with van der Waals surface area (Å²) in [5, 5.41) is 59.6. The number of phenols is 2. The van der Waals surface area contributed by atoms with E-state index in [1.807, 2.05) is 0 Å². The van der Waals surface area contributed by atoms with Crippen molar-refractivity contribution in [2.24, 2.45) is 0 Å². The van der Waals surface area contributed by atoms with Crippen molar-refractivity contribution in [1.29, 1.82) is 0 Å². The summed E-state index contributed by atoms with van der Waals surface area (Å²) in [6.45, 7) is 1.97. The Morgan fingerprint density at radius 1 is 0.545 bits per heavy atom. The van der Waals surface area contributed by atoms with E-state index in [4.69, 9.17) is 19.3 Å². The van der Waals surface area contributed by atoms with Gasteiger partial charge in [0.1, 0.15) is 11.4 Å². The van der Waals surface area contributed by atoms with Crippen LogP contribution in [0.5, 0.6) is 11.5 Å². The fraction of sp³-hybridized carbons (Fsp3) is 0.412. The number of hydrogen-bond donors (Lipinski definition) is 9. The van der Waals surface area contributed by atoms with Crippen molar-refractivity contribution in [3.63, 3.8) is 0 Å². The molecule has 0 atom stereocenters. The summed E-state index contributed by atoms with van der Waals surface area (Å²) in [6.07, 6.45) is 0. The molecule has 2 heterocycles. The molecular weight excluding hydrogens is 730 g/mol. The van der Waals surface area contributed by atoms with Crippen LogP contribution in [0.15, 0.2) is 58.1 Å². The van der Waals surface area contributed by atoms with Gasteiger partial charge in [0.2, 0.25) is 0 Å². The van der Waals surface area contributed by atoms with Gasteiger partial charge in [-0.3, -0.25) is 33.7 Å². The number of pyridine rings is 2. The normalized spacial score (nSPS) is 10.9. The predicted molar refractivity (Wildman–Crippen MR) is 191 cm³/mol. The molecule has 1 aromatic carbocycles. The third-order valence-electron chi connectivity index (χ3n) is 7.62. The maximum atomic E-state index is 12.9. The lowest BCUT2D eigenvalue weighted by molar-refractivity contribution is 0.00824. The molecule has 21 heteroatoms. The summed E-state index contributed by atoms with van der Waals surface area (Å²) in [5.74, 6) is -4.63. The lowest BCUT2D eigenvalue weighted by Crippen LogP contribution is -2.43. The van der Waals surface area contributed by atoms with Gasteiger partial charge in [0.05, 0.1) is 57.4 Å². The van der Waals surface area contributed by atoms with E-state index in [0.29, 0.717) is 19.8 Å². The molecule has 3 rings (SSSR count). The smallest absolute Gasteiger partial charge is 0.283 e. The van der Waals surface area contributed by atoms with Crippen molar-refractivity contribution >= 4 is 23.6 Å². The molecule has 0 saturated heterocycles. The molecule has 0 radical (unpaired) electrons. The number of benzene rings is 1. The van der Waals surface area contributed by atoms with E-state index in [0.717, 1.165) is 18.2 Å². The van der Waals surface area contributed by atoms with E-state index in [1.54, 1.807) is 4.90 Å². The fourth-order valence-corrected chi connectivity index (χ4v) is 4.79. The highest BCUT2D eigenvalue weighted by atomic mass is 16.5. The van der Waals surface area contributed by atoms with Gasteiger partial charge in [0.15, 0.2) is 11.5 Å². The van der Waals surface area contributed by atoms with Gasteiger partial charge in [-0.15, -0.1) is 9.46 Å². The van der Waals surface area contributed by atoms with Crippen molar-refractivity contribution in [1.82, 2.24) is 35.6 Å². The van der Waals surface area contributed by atoms with Crippen molar-refractivity contribution in [2.45, 2.75) is 0 Å². The number of rotatable bonds is 24. The summed E-state index contributed by atoms with van der Waals surface area (Å²) < 4.78 is 16.1. The first kappa shape index (κ1) is 43.4. The highest BCUT2D eigenvalue weighted by molar-refractivity contribution is 6.02. The number of amides is 4. The zero-order valence-corrected chi connectivity index (χ0v) is 29.8. The minimum Gasteiger partial charge on any atom is -0.504 e. The zero-order chi connectivity index (χ0) is 40.2. The third-order valence-corrected chi connectivity index (χ3v) is 7.62. The van der Waals surface area contributed by atoms with E-state index >= 15 is 0 Å². The molecule has 0 spiro atoms. The van der Waals surface area contributed by atoms with E-state index in [9.17, 15) is 49.4 Å². The SMILES string of the molecule is O=C(NCCOCCOCCOCCO)c1ccc(C(=O)NCCN(CCNC(=O)c2cccc(=O)n2O)CCNC(=O)c2cccc(=O)n2O)c(O)c1O. The number of aromatic nitrogens is 2. The molecule has 0 aliphatic carbocycles. The number of hydrogen-bond acceptors (Lipinski definition) is 15. The molecule has 55 heavy (non-hydrogen) atoms. The van der Waals surface area contributed by atoms with Crippen LogP contribution in [0.3, 0.4) is 0 Å². The minimum atomic E-state index is -0.824. The molecule has 0 aliphatic rings. The number of carbonyl (C=O) groups is 4. The quantitative estimate of drug-likeness (QED) is 0.0260. The number of nitrogens with zero attached hydrogens (tertiary/aromatic N) is 3. The van der Waals surface area contributed by atoms with Crippen LogP contribution < -0.4 is 32.4 Å². The Morgan fingerprint density at radius 3 is 1.36 bits per heavy atom. The molecule has 4 amide bonds. The monoisotopic (exact) mass is 775 g/mol. The topological polar surface area (TPSA) is 292 Å². The van der Waals surface area contributed by atoms with Gasteiger partial charge < -0.3 is 61.2 Å². The summed E-state index contributed by atoms with van der Waals surface area (Å²) >= 11 is 0. The van der Waals surface area contributed by atoms with E-state index in [2.05, 4.69) is 21.3 Å². The standard InChI is InChI=1S/C34H45N7O14/c42-16-18-54-20-22-55-21-19-53-17-12-38-32(48)24-8-7-23(29(45)30(24)46)31(47)35-9-13-39(14-10-36-33(49)25-3-1-5-27(43)40(25)51)15-11-37-34(50)26-4-2-6-28(44)41(26)52/h1-8,42,45-46,51-52H,9-22H2,(H,35,47)(H,36,49)(H,37,50)(H,38,48). The molecule has 0 bridgehead atoms. The van der Waals surface area contributed by atoms with Gasteiger partial charge >= 0.3 is 0 Å². The van der Waals surface area contributed by atoms with Crippen LogP contribution in [0.25, 0.3) is 0 Å². The Hall–Kier alpha value is -6.00. The van der Waals surface area contributed by atoms with Crippen molar-refractivity contribution in [2.75, 3.05) is 92.1 Å². The van der Waals surface area contributed by atoms with Crippen molar-refractivity contribution < 1.29 is 59.1 Å². The van der Waals surface area contributed by atoms with E-state index < -0.39 is 46.2 Å². The first-order chi connectivity index (χ1) is 26.5. The van der Waals surface area contributed by atoms with Crippen LogP contribution in [-0.4, -0.2) is 156 Å². The Kier molecular flexibility index (Phi) is 18.1. The predicted octanol–water partition coefficient (Wildman–Crippen LogP) is -2.44. The average Bonchev–Trinajstić information content (AvgIpc) is 3.16. The van der Waals surface area contributed by atoms with Gasteiger partial charge in [-0.2, -0.15) is 0 Å². The largest absolute Gasteiger partial charge is 0.504 e. The van der Waals surface area contributed by atoms with E-state index in [-0.39, 0.29) is 104 Å². The number of phenolic OH excluding ortho intramolecular Hbond substituents is 2. The first-order valence-corrected chi connectivity index (χ1v) is 17.0. The molecule has 0 saturated carbocycles. The summed E-state index contributed by atoms with van der Waals surface area (Å²) in [7, 11) is 0. The Balaban J connectivity index is 1.51. The van der Waals surface area contributed by atoms with Crippen LogP contribution in [-0.2, 0) is 14.2 Å². The highest BCUT2D eigenvalue weighted by Crippen LogP contribution is 2.32.